The Morgan fingerprint density at radius 2 is 1.95 bits per heavy atom. The number of carbonyl (C=O) groups excluding carboxylic acids is 2. The lowest BCUT2D eigenvalue weighted by Crippen LogP contribution is -2.49. The summed E-state index contributed by atoms with van der Waals surface area (Å²) in [7, 11) is 0. The first kappa shape index (κ1) is 14.0. The van der Waals surface area contributed by atoms with Gasteiger partial charge in [-0.3, -0.25) is 9.59 Å². The number of hydrogen-bond donors (Lipinski definition) is 2. The summed E-state index contributed by atoms with van der Waals surface area (Å²) < 4.78 is 5.33. The van der Waals surface area contributed by atoms with Crippen LogP contribution in [0.5, 0.6) is 0 Å². The molecule has 2 amide bonds. The van der Waals surface area contributed by atoms with Crippen LogP contribution in [0.2, 0.25) is 0 Å². The summed E-state index contributed by atoms with van der Waals surface area (Å²) >= 11 is 0. The van der Waals surface area contributed by atoms with E-state index in [4.69, 9.17) is 4.74 Å². The molecule has 112 valence electrons. The molecule has 0 aromatic heterocycles. The highest BCUT2D eigenvalue weighted by Gasteiger charge is 2.18. The highest BCUT2D eigenvalue weighted by atomic mass is 16.5. The van der Waals surface area contributed by atoms with E-state index in [-0.39, 0.29) is 18.4 Å². The van der Waals surface area contributed by atoms with Crippen molar-refractivity contribution in [3.8, 4) is 0 Å². The summed E-state index contributed by atoms with van der Waals surface area (Å²) in [5, 5.41) is 5.89. The third kappa shape index (κ3) is 3.22. The minimum absolute atomic E-state index is 0.0330. The molecule has 0 unspecified atom stereocenters. The van der Waals surface area contributed by atoms with Crippen molar-refractivity contribution in [1.29, 1.82) is 0 Å². The van der Waals surface area contributed by atoms with E-state index >= 15 is 0 Å². The first-order valence-electron chi connectivity index (χ1n) is 7.20. The van der Waals surface area contributed by atoms with Crippen LogP contribution in [-0.2, 0) is 22.7 Å². The predicted octanol–water partition coefficient (Wildman–Crippen LogP) is -0.122. The van der Waals surface area contributed by atoms with E-state index in [0.29, 0.717) is 31.9 Å². The van der Waals surface area contributed by atoms with Gasteiger partial charge < -0.3 is 20.3 Å². The van der Waals surface area contributed by atoms with E-state index in [1.807, 2.05) is 12.1 Å². The molecule has 0 bridgehead atoms. The van der Waals surface area contributed by atoms with E-state index in [1.54, 1.807) is 11.0 Å². The number of nitrogens with one attached hydrogen (secondary N) is 2. The van der Waals surface area contributed by atoms with Gasteiger partial charge in [-0.2, -0.15) is 0 Å². The zero-order valence-electron chi connectivity index (χ0n) is 11.9. The molecule has 0 atom stereocenters. The molecule has 0 spiro atoms. The molecule has 0 saturated carbocycles. The average molecular weight is 289 g/mol. The summed E-state index contributed by atoms with van der Waals surface area (Å²) in [5.74, 6) is -0.248. The van der Waals surface area contributed by atoms with Crippen LogP contribution in [-0.4, -0.2) is 49.4 Å². The minimum Gasteiger partial charge on any atom is -0.372 e. The van der Waals surface area contributed by atoms with Gasteiger partial charge in [0.25, 0.3) is 5.91 Å². The molecule has 1 saturated heterocycles. The molecule has 1 aromatic carbocycles. The number of amides is 2. The molecule has 2 heterocycles. The smallest absolute Gasteiger partial charge is 0.251 e. The lowest BCUT2D eigenvalue weighted by molar-refractivity contribution is -0.130. The fourth-order valence-electron chi connectivity index (χ4n) is 2.60. The molecule has 0 radical (unpaired) electrons. The van der Waals surface area contributed by atoms with Gasteiger partial charge in [0.2, 0.25) is 5.91 Å². The van der Waals surface area contributed by atoms with E-state index in [1.165, 1.54) is 0 Å². The largest absolute Gasteiger partial charge is 0.372 e. The highest BCUT2D eigenvalue weighted by Crippen LogP contribution is 2.20. The Kier molecular flexibility index (Phi) is 4.17. The van der Waals surface area contributed by atoms with E-state index in [9.17, 15) is 9.59 Å². The molecule has 6 nitrogen and oxygen atoms in total. The zero-order chi connectivity index (χ0) is 14.7. The third-order valence-electron chi connectivity index (χ3n) is 3.85. The number of ether oxygens (including phenoxy) is 1. The minimum atomic E-state index is -0.215. The molecule has 2 aliphatic rings. The number of nitrogens with zero attached hydrogens (tertiary/aromatic N) is 1. The third-order valence-corrected chi connectivity index (χ3v) is 3.85. The van der Waals surface area contributed by atoms with Crippen LogP contribution in [0.4, 0.5) is 0 Å². The fourth-order valence-corrected chi connectivity index (χ4v) is 2.60. The summed E-state index contributed by atoms with van der Waals surface area (Å²) in [6.45, 7) is 4.23. The summed E-state index contributed by atoms with van der Waals surface area (Å²) in [4.78, 5) is 25.9. The van der Waals surface area contributed by atoms with E-state index in [0.717, 1.165) is 24.2 Å². The van der Waals surface area contributed by atoms with Gasteiger partial charge in [-0.05, 0) is 23.3 Å². The van der Waals surface area contributed by atoms with Crippen molar-refractivity contribution in [2.75, 3.05) is 32.7 Å². The van der Waals surface area contributed by atoms with Crippen molar-refractivity contribution in [2.45, 2.75) is 13.2 Å². The number of fused-ring (bicyclic) bond motifs is 1. The Labute approximate surface area is 123 Å². The molecule has 2 aliphatic heterocycles. The van der Waals surface area contributed by atoms with Crippen LogP contribution in [0.1, 0.15) is 21.5 Å². The summed E-state index contributed by atoms with van der Waals surface area (Å²) in [5.41, 5.74) is 2.76. The Hall–Kier alpha value is -1.92. The van der Waals surface area contributed by atoms with Gasteiger partial charge in [0.05, 0.1) is 19.8 Å². The second-order valence-corrected chi connectivity index (χ2v) is 5.29. The average Bonchev–Trinajstić information content (AvgIpc) is 3.00. The summed E-state index contributed by atoms with van der Waals surface area (Å²) in [6, 6.07) is 5.53. The Balaban J connectivity index is 1.55. The molecular formula is C15H19N3O3. The first-order chi connectivity index (χ1) is 10.2. The molecule has 1 aromatic rings. The van der Waals surface area contributed by atoms with Gasteiger partial charge in [-0.25, -0.2) is 0 Å². The number of benzene rings is 1. The number of carbonyl (C=O) groups is 2. The zero-order valence-corrected chi connectivity index (χ0v) is 11.9. The van der Waals surface area contributed by atoms with Crippen molar-refractivity contribution < 1.29 is 14.3 Å². The van der Waals surface area contributed by atoms with Crippen LogP contribution < -0.4 is 10.6 Å². The van der Waals surface area contributed by atoms with Gasteiger partial charge >= 0.3 is 0 Å². The molecule has 3 rings (SSSR count). The van der Waals surface area contributed by atoms with Gasteiger partial charge in [0.15, 0.2) is 0 Å². The van der Waals surface area contributed by atoms with Crippen molar-refractivity contribution in [1.82, 2.24) is 15.5 Å². The van der Waals surface area contributed by atoms with Crippen molar-refractivity contribution in [3.05, 3.63) is 34.9 Å². The standard InChI is InChI=1S/C15H19N3O3/c19-14(18-5-3-16-4-6-18)8-17-15(20)11-1-2-12-9-21-10-13(12)7-11/h1-2,7,16H,3-6,8-10H2,(H,17,20). The van der Waals surface area contributed by atoms with Crippen LogP contribution >= 0.6 is 0 Å². The van der Waals surface area contributed by atoms with Crippen LogP contribution in [0.3, 0.4) is 0 Å². The highest BCUT2D eigenvalue weighted by molar-refractivity contribution is 5.96. The van der Waals surface area contributed by atoms with Gasteiger partial charge in [0, 0.05) is 31.7 Å². The van der Waals surface area contributed by atoms with Gasteiger partial charge in [0.1, 0.15) is 0 Å². The summed E-state index contributed by atoms with van der Waals surface area (Å²) in [6.07, 6.45) is 0. The van der Waals surface area contributed by atoms with Crippen LogP contribution in [0, 0.1) is 0 Å². The van der Waals surface area contributed by atoms with Crippen molar-refractivity contribution >= 4 is 11.8 Å². The van der Waals surface area contributed by atoms with E-state index < -0.39 is 0 Å². The fraction of sp³-hybridized carbons (Fsp3) is 0.467. The van der Waals surface area contributed by atoms with E-state index in [2.05, 4.69) is 10.6 Å². The van der Waals surface area contributed by atoms with Gasteiger partial charge in [-0.15, -0.1) is 0 Å². The lowest BCUT2D eigenvalue weighted by Gasteiger charge is -2.27. The lowest BCUT2D eigenvalue weighted by atomic mass is 10.1. The Bertz CT molecular complexity index is 553. The van der Waals surface area contributed by atoms with Crippen molar-refractivity contribution in [2.24, 2.45) is 0 Å². The quantitative estimate of drug-likeness (QED) is 0.814. The monoisotopic (exact) mass is 289 g/mol. The molecule has 0 aliphatic carbocycles. The Morgan fingerprint density at radius 3 is 2.76 bits per heavy atom. The maximum Gasteiger partial charge on any atom is 0.251 e. The molecular weight excluding hydrogens is 270 g/mol. The number of piperazine rings is 1. The molecule has 6 heteroatoms. The SMILES string of the molecule is O=C(NCC(=O)N1CCNCC1)c1ccc2c(c1)COC2. The number of rotatable bonds is 3. The first-order valence-corrected chi connectivity index (χ1v) is 7.20. The van der Waals surface area contributed by atoms with Gasteiger partial charge in [-0.1, -0.05) is 6.07 Å². The molecule has 21 heavy (non-hydrogen) atoms. The van der Waals surface area contributed by atoms with Crippen LogP contribution in [0.25, 0.3) is 0 Å². The van der Waals surface area contributed by atoms with Crippen LogP contribution in [0.15, 0.2) is 18.2 Å². The topological polar surface area (TPSA) is 70.7 Å². The predicted molar refractivity (Wildman–Crippen MR) is 76.7 cm³/mol. The maximum absolute atomic E-state index is 12.1. The Morgan fingerprint density at radius 1 is 1.19 bits per heavy atom. The number of hydrogen-bond acceptors (Lipinski definition) is 4. The molecule has 2 N–H and O–H groups in total. The molecule has 1 fully saturated rings. The van der Waals surface area contributed by atoms with Crippen molar-refractivity contribution in [3.63, 3.8) is 0 Å². The maximum atomic E-state index is 12.1. The second kappa shape index (κ2) is 6.24. The normalized spacial score (nSPS) is 17.4. The second-order valence-electron chi connectivity index (χ2n) is 5.29.